The standard InChI is InChI=1S/C14H25N3O2/c1-3-15-9-13-8-14(19-16-13)10-17-6-4-12(5-7-17)11-18-2/h8,12,15H,3-7,9-11H2,1-2H3. The maximum absolute atomic E-state index is 5.38. The van der Waals surface area contributed by atoms with E-state index in [1.807, 2.05) is 0 Å². The summed E-state index contributed by atoms with van der Waals surface area (Å²) >= 11 is 0. The first-order chi connectivity index (χ1) is 9.31. The molecular weight excluding hydrogens is 242 g/mol. The Kier molecular flexibility index (Phi) is 5.82. The minimum atomic E-state index is 0.722. The van der Waals surface area contributed by atoms with Gasteiger partial charge < -0.3 is 14.6 Å². The Morgan fingerprint density at radius 1 is 1.47 bits per heavy atom. The van der Waals surface area contributed by atoms with Crippen LogP contribution in [0.1, 0.15) is 31.2 Å². The predicted molar refractivity (Wildman–Crippen MR) is 73.8 cm³/mol. The minimum Gasteiger partial charge on any atom is -0.384 e. The lowest BCUT2D eigenvalue weighted by atomic mass is 9.98. The number of likely N-dealkylation sites (tertiary alicyclic amines) is 1. The van der Waals surface area contributed by atoms with Crippen molar-refractivity contribution >= 4 is 0 Å². The van der Waals surface area contributed by atoms with Gasteiger partial charge in [-0.2, -0.15) is 0 Å². The maximum Gasteiger partial charge on any atom is 0.151 e. The first-order valence-corrected chi connectivity index (χ1v) is 7.18. The summed E-state index contributed by atoms with van der Waals surface area (Å²) in [6.45, 7) is 7.84. The van der Waals surface area contributed by atoms with Gasteiger partial charge in [0.25, 0.3) is 0 Å². The van der Waals surface area contributed by atoms with E-state index in [-0.39, 0.29) is 0 Å². The number of nitrogens with one attached hydrogen (secondary N) is 1. The van der Waals surface area contributed by atoms with Gasteiger partial charge >= 0.3 is 0 Å². The topological polar surface area (TPSA) is 50.5 Å². The van der Waals surface area contributed by atoms with Crippen molar-refractivity contribution in [2.45, 2.75) is 32.9 Å². The molecule has 5 heteroatoms. The van der Waals surface area contributed by atoms with Gasteiger partial charge in [0.1, 0.15) is 0 Å². The molecule has 1 N–H and O–H groups in total. The van der Waals surface area contributed by atoms with Gasteiger partial charge in [-0.1, -0.05) is 12.1 Å². The molecule has 1 aromatic rings. The summed E-state index contributed by atoms with van der Waals surface area (Å²) in [5.74, 6) is 1.69. The lowest BCUT2D eigenvalue weighted by Gasteiger charge is -2.30. The highest BCUT2D eigenvalue weighted by atomic mass is 16.5. The Balaban J connectivity index is 1.74. The van der Waals surface area contributed by atoms with E-state index in [0.717, 1.165) is 56.7 Å². The summed E-state index contributed by atoms with van der Waals surface area (Å²) in [7, 11) is 1.78. The first kappa shape index (κ1) is 14.5. The fraction of sp³-hybridized carbons (Fsp3) is 0.786. The highest BCUT2D eigenvalue weighted by Crippen LogP contribution is 2.19. The summed E-state index contributed by atoms with van der Waals surface area (Å²) in [6.07, 6.45) is 2.43. The van der Waals surface area contributed by atoms with Crippen LogP contribution >= 0.6 is 0 Å². The monoisotopic (exact) mass is 267 g/mol. The molecule has 0 spiro atoms. The molecule has 2 heterocycles. The third kappa shape index (κ3) is 4.60. The second-order valence-corrected chi connectivity index (χ2v) is 5.24. The van der Waals surface area contributed by atoms with Crippen LogP contribution < -0.4 is 5.32 Å². The fourth-order valence-electron chi connectivity index (χ4n) is 2.53. The molecule has 0 saturated carbocycles. The van der Waals surface area contributed by atoms with Crippen LogP contribution in [0.3, 0.4) is 0 Å². The highest BCUT2D eigenvalue weighted by Gasteiger charge is 2.20. The molecule has 1 saturated heterocycles. The largest absolute Gasteiger partial charge is 0.384 e. The summed E-state index contributed by atoms with van der Waals surface area (Å²) < 4.78 is 10.6. The van der Waals surface area contributed by atoms with E-state index in [4.69, 9.17) is 9.26 Å². The van der Waals surface area contributed by atoms with Crippen LogP contribution in [0.5, 0.6) is 0 Å². The van der Waals surface area contributed by atoms with E-state index >= 15 is 0 Å². The van der Waals surface area contributed by atoms with Gasteiger partial charge in [-0.15, -0.1) is 0 Å². The molecule has 5 nitrogen and oxygen atoms in total. The average molecular weight is 267 g/mol. The Labute approximate surface area is 115 Å². The maximum atomic E-state index is 5.38. The van der Waals surface area contributed by atoms with Crippen LogP contribution in [-0.2, 0) is 17.8 Å². The molecule has 0 aliphatic carbocycles. The van der Waals surface area contributed by atoms with E-state index in [0.29, 0.717) is 0 Å². The van der Waals surface area contributed by atoms with E-state index in [2.05, 4.69) is 28.4 Å². The van der Waals surface area contributed by atoms with Crippen LogP contribution in [0.25, 0.3) is 0 Å². The summed E-state index contributed by atoms with van der Waals surface area (Å²) in [5.41, 5.74) is 0.992. The number of hydrogen-bond donors (Lipinski definition) is 1. The van der Waals surface area contributed by atoms with Crippen molar-refractivity contribution in [1.29, 1.82) is 0 Å². The van der Waals surface area contributed by atoms with Crippen molar-refractivity contribution in [1.82, 2.24) is 15.4 Å². The fourth-order valence-corrected chi connectivity index (χ4v) is 2.53. The lowest BCUT2D eigenvalue weighted by molar-refractivity contribution is 0.0928. The molecule has 1 aromatic heterocycles. The summed E-state index contributed by atoms with van der Waals surface area (Å²) in [5, 5.41) is 7.33. The van der Waals surface area contributed by atoms with Crippen LogP contribution in [0.2, 0.25) is 0 Å². The van der Waals surface area contributed by atoms with E-state index in [9.17, 15) is 0 Å². The molecule has 1 fully saturated rings. The van der Waals surface area contributed by atoms with Crippen molar-refractivity contribution in [2.24, 2.45) is 5.92 Å². The van der Waals surface area contributed by atoms with Gasteiger partial charge in [0, 0.05) is 26.3 Å². The number of ether oxygens (including phenoxy) is 1. The molecule has 1 aliphatic rings. The molecule has 0 atom stereocenters. The zero-order valence-corrected chi connectivity index (χ0v) is 12.0. The van der Waals surface area contributed by atoms with Crippen molar-refractivity contribution < 1.29 is 9.26 Å². The Morgan fingerprint density at radius 3 is 2.95 bits per heavy atom. The second kappa shape index (κ2) is 7.62. The Hall–Kier alpha value is -0.910. The summed E-state index contributed by atoms with van der Waals surface area (Å²) in [6, 6.07) is 2.06. The van der Waals surface area contributed by atoms with Crippen molar-refractivity contribution in [2.75, 3.05) is 33.4 Å². The van der Waals surface area contributed by atoms with Gasteiger partial charge in [-0.3, -0.25) is 4.90 Å². The number of nitrogens with zero attached hydrogens (tertiary/aromatic N) is 2. The minimum absolute atomic E-state index is 0.722. The quantitative estimate of drug-likeness (QED) is 0.814. The molecule has 19 heavy (non-hydrogen) atoms. The van der Waals surface area contributed by atoms with Gasteiger partial charge in [0.2, 0.25) is 0 Å². The average Bonchev–Trinajstić information content (AvgIpc) is 2.87. The molecule has 0 aromatic carbocycles. The van der Waals surface area contributed by atoms with Crippen LogP contribution in [0.4, 0.5) is 0 Å². The number of methoxy groups -OCH3 is 1. The van der Waals surface area contributed by atoms with E-state index in [1.165, 1.54) is 12.8 Å². The number of aromatic nitrogens is 1. The van der Waals surface area contributed by atoms with Crippen LogP contribution in [-0.4, -0.2) is 43.4 Å². The number of rotatable bonds is 7. The Morgan fingerprint density at radius 2 is 2.26 bits per heavy atom. The number of piperidine rings is 1. The SMILES string of the molecule is CCNCc1cc(CN2CCC(COC)CC2)on1. The molecule has 1 aliphatic heterocycles. The molecule has 0 unspecified atom stereocenters. The third-order valence-corrected chi connectivity index (χ3v) is 3.65. The molecular formula is C14H25N3O2. The van der Waals surface area contributed by atoms with E-state index < -0.39 is 0 Å². The first-order valence-electron chi connectivity index (χ1n) is 7.18. The molecule has 108 valence electrons. The summed E-state index contributed by atoms with van der Waals surface area (Å²) in [4.78, 5) is 2.43. The Bertz CT molecular complexity index is 359. The normalized spacial score (nSPS) is 18.0. The molecule has 0 amide bonds. The smallest absolute Gasteiger partial charge is 0.151 e. The number of hydrogen-bond acceptors (Lipinski definition) is 5. The molecule has 2 rings (SSSR count). The van der Waals surface area contributed by atoms with Crippen LogP contribution in [0.15, 0.2) is 10.6 Å². The van der Waals surface area contributed by atoms with Gasteiger partial charge in [0.15, 0.2) is 5.76 Å². The highest BCUT2D eigenvalue weighted by molar-refractivity contribution is 5.05. The second-order valence-electron chi connectivity index (χ2n) is 5.24. The van der Waals surface area contributed by atoms with Crippen molar-refractivity contribution in [3.63, 3.8) is 0 Å². The zero-order valence-electron chi connectivity index (χ0n) is 12.0. The molecule has 0 bridgehead atoms. The van der Waals surface area contributed by atoms with Gasteiger partial charge in [0.05, 0.1) is 12.2 Å². The van der Waals surface area contributed by atoms with E-state index in [1.54, 1.807) is 7.11 Å². The van der Waals surface area contributed by atoms with Gasteiger partial charge in [-0.05, 0) is 38.4 Å². The van der Waals surface area contributed by atoms with Crippen molar-refractivity contribution in [3.8, 4) is 0 Å². The predicted octanol–water partition coefficient (Wildman–Crippen LogP) is 1.64. The van der Waals surface area contributed by atoms with Crippen LogP contribution in [0, 0.1) is 5.92 Å². The zero-order chi connectivity index (χ0) is 13.5. The van der Waals surface area contributed by atoms with Gasteiger partial charge in [-0.25, -0.2) is 0 Å². The molecule has 0 radical (unpaired) electrons. The lowest BCUT2D eigenvalue weighted by Crippen LogP contribution is -2.34. The van der Waals surface area contributed by atoms with Crippen molar-refractivity contribution in [3.05, 3.63) is 17.5 Å². The third-order valence-electron chi connectivity index (χ3n) is 3.65.